The molecule has 1 aromatic rings. The number of ether oxygens (including phenoxy) is 1. The molecule has 0 saturated carbocycles. The molecule has 0 aliphatic carbocycles. The van der Waals surface area contributed by atoms with Crippen molar-refractivity contribution in [2.45, 2.75) is 84.7 Å². The zero-order valence-electron chi connectivity index (χ0n) is 18.6. The first-order valence-corrected chi connectivity index (χ1v) is 12.4. The Balaban J connectivity index is 2.92. The van der Waals surface area contributed by atoms with Crippen molar-refractivity contribution in [3.05, 3.63) is 29.3 Å². The highest BCUT2D eigenvalue weighted by Gasteiger charge is 2.39. The third kappa shape index (κ3) is 7.18. The Labute approximate surface area is 169 Å². The molecule has 158 valence electrons. The Morgan fingerprint density at radius 3 is 2.14 bits per heavy atom. The van der Waals surface area contributed by atoms with Crippen LogP contribution in [0.4, 0.5) is 4.79 Å². The number of carboxylic acid groups (broad SMARTS) is 1. The van der Waals surface area contributed by atoms with Gasteiger partial charge in [0, 0.05) is 6.42 Å². The summed E-state index contributed by atoms with van der Waals surface area (Å²) in [4.78, 5) is 23.5. The van der Waals surface area contributed by atoms with Gasteiger partial charge in [-0.25, -0.2) is 9.59 Å². The number of carboxylic acids is 1. The van der Waals surface area contributed by atoms with Crippen LogP contribution in [0.1, 0.15) is 52.7 Å². The Kier molecular flexibility index (Phi) is 7.33. The predicted molar refractivity (Wildman–Crippen MR) is 114 cm³/mol. The number of hydrogen-bond acceptors (Lipinski definition) is 4. The summed E-state index contributed by atoms with van der Waals surface area (Å²) in [5.41, 5.74) is 1.07. The largest absolute Gasteiger partial charge is 0.543 e. The number of alkyl carbamates (subject to hydrolysis) is 1. The number of aliphatic carboxylic acids is 1. The topological polar surface area (TPSA) is 84.9 Å². The van der Waals surface area contributed by atoms with E-state index in [1.807, 2.05) is 25.1 Å². The van der Waals surface area contributed by atoms with E-state index in [9.17, 15) is 14.7 Å². The van der Waals surface area contributed by atoms with Gasteiger partial charge in [0.25, 0.3) is 0 Å². The molecule has 1 aromatic carbocycles. The molecule has 0 bridgehead atoms. The Bertz CT molecular complexity index is 716. The van der Waals surface area contributed by atoms with Crippen LogP contribution in [0.15, 0.2) is 18.2 Å². The second-order valence-electron chi connectivity index (χ2n) is 9.70. The van der Waals surface area contributed by atoms with Crippen molar-refractivity contribution >= 4 is 20.4 Å². The highest BCUT2D eigenvalue weighted by molar-refractivity contribution is 6.74. The quantitative estimate of drug-likeness (QED) is 0.653. The fourth-order valence-electron chi connectivity index (χ4n) is 2.27. The zero-order valence-corrected chi connectivity index (χ0v) is 19.6. The molecule has 0 heterocycles. The summed E-state index contributed by atoms with van der Waals surface area (Å²) < 4.78 is 11.5. The van der Waals surface area contributed by atoms with Gasteiger partial charge in [-0.1, -0.05) is 32.9 Å². The van der Waals surface area contributed by atoms with Crippen molar-refractivity contribution in [1.82, 2.24) is 5.32 Å². The third-order valence-corrected chi connectivity index (χ3v) is 9.18. The Morgan fingerprint density at radius 1 is 1.14 bits per heavy atom. The molecule has 0 aromatic heterocycles. The summed E-state index contributed by atoms with van der Waals surface area (Å²) in [6.07, 6.45) is -0.579. The smallest absolute Gasteiger partial charge is 0.408 e. The van der Waals surface area contributed by atoms with Gasteiger partial charge in [0.15, 0.2) is 0 Å². The van der Waals surface area contributed by atoms with Gasteiger partial charge in [0.1, 0.15) is 17.4 Å². The standard InChI is InChI=1S/C21H35NO5Si/c1-14-12-15(10-11-17(14)27-28(8,9)21(5,6)7)13-16(18(23)24)22-19(25)26-20(2,3)4/h10-12,16H,13H2,1-9H3,(H,22,25)(H,23,24). The first kappa shape index (κ1) is 24.0. The molecule has 1 amide bonds. The average molecular weight is 410 g/mol. The molecule has 1 atom stereocenters. The molecule has 1 unspecified atom stereocenters. The highest BCUT2D eigenvalue weighted by Crippen LogP contribution is 2.38. The van der Waals surface area contributed by atoms with Crippen molar-refractivity contribution in [2.24, 2.45) is 0 Å². The van der Waals surface area contributed by atoms with Gasteiger partial charge >= 0.3 is 12.1 Å². The van der Waals surface area contributed by atoms with E-state index in [1.54, 1.807) is 20.8 Å². The summed E-state index contributed by atoms with van der Waals surface area (Å²) >= 11 is 0. The second-order valence-corrected chi connectivity index (χ2v) is 14.4. The lowest BCUT2D eigenvalue weighted by Crippen LogP contribution is -2.44. The molecule has 0 saturated heterocycles. The lowest BCUT2D eigenvalue weighted by atomic mass is 10.0. The molecule has 0 aliphatic heterocycles. The van der Waals surface area contributed by atoms with Crippen LogP contribution >= 0.6 is 0 Å². The molecule has 7 heteroatoms. The van der Waals surface area contributed by atoms with Gasteiger partial charge in [-0.15, -0.1) is 0 Å². The van der Waals surface area contributed by atoms with Gasteiger partial charge in [-0.3, -0.25) is 0 Å². The number of carbonyl (C=O) groups excluding carboxylic acids is 1. The van der Waals surface area contributed by atoms with Crippen LogP contribution in [0.2, 0.25) is 18.1 Å². The average Bonchev–Trinajstić information content (AvgIpc) is 2.46. The van der Waals surface area contributed by atoms with Crippen molar-refractivity contribution in [3.63, 3.8) is 0 Å². The van der Waals surface area contributed by atoms with Crippen molar-refractivity contribution < 1.29 is 23.9 Å². The van der Waals surface area contributed by atoms with E-state index in [0.29, 0.717) is 0 Å². The minimum atomic E-state index is -1.96. The Morgan fingerprint density at radius 2 is 1.71 bits per heavy atom. The van der Waals surface area contributed by atoms with Gasteiger partial charge < -0.3 is 19.6 Å². The Hall–Kier alpha value is -2.02. The maximum Gasteiger partial charge on any atom is 0.408 e. The normalized spacial score (nSPS) is 13.6. The summed E-state index contributed by atoms with van der Waals surface area (Å²) in [6.45, 7) is 18.1. The van der Waals surface area contributed by atoms with Gasteiger partial charge in [-0.05, 0) is 63.0 Å². The minimum Gasteiger partial charge on any atom is -0.543 e. The lowest BCUT2D eigenvalue weighted by Gasteiger charge is -2.37. The zero-order chi connectivity index (χ0) is 21.9. The van der Waals surface area contributed by atoms with Gasteiger partial charge in [-0.2, -0.15) is 0 Å². The number of benzene rings is 1. The van der Waals surface area contributed by atoms with Crippen LogP contribution < -0.4 is 9.74 Å². The molecule has 0 radical (unpaired) electrons. The maximum absolute atomic E-state index is 11.9. The van der Waals surface area contributed by atoms with Gasteiger partial charge in [0.05, 0.1) is 0 Å². The second kappa shape index (κ2) is 8.55. The molecular formula is C21H35NO5Si. The van der Waals surface area contributed by atoms with E-state index < -0.39 is 32.0 Å². The van der Waals surface area contributed by atoms with Crippen LogP contribution in [0.25, 0.3) is 0 Å². The molecule has 6 nitrogen and oxygen atoms in total. The molecule has 2 N–H and O–H groups in total. The SMILES string of the molecule is Cc1cc(CC(NC(=O)OC(C)(C)C)C(=O)O)ccc1O[Si](C)(C)C(C)(C)C. The maximum atomic E-state index is 11.9. The number of aryl methyl sites for hydroxylation is 1. The number of rotatable bonds is 6. The molecule has 0 aliphatic rings. The van der Waals surface area contributed by atoms with Crippen LogP contribution in [0, 0.1) is 6.92 Å². The van der Waals surface area contributed by atoms with Gasteiger partial charge in [0.2, 0.25) is 8.32 Å². The number of amides is 1. The summed E-state index contributed by atoms with van der Waals surface area (Å²) in [5.74, 6) is -0.285. The molecular weight excluding hydrogens is 374 g/mol. The summed E-state index contributed by atoms with van der Waals surface area (Å²) in [5, 5.41) is 12.0. The van der Waals surface area contributed by atoms with E-state index in [0.717, 1.165) is 16.9 Å². The molecule has 28 heavy (non-hydrogen) atoms. The van der Waals surface area contributed by atoms with Crippen LogP contribution in [-0.4, -0.2) is 37.1 Å². The van der Waals surface area contributed by atoms with E-state index in [2.05, 4.69) is 39.2 Å². The minimum absolute atomic E-state index is 0.0872. The van der Waals surface area contributed by atoms with Crippen molar-refractivity contribution in [2.75, 3.05) is 0 Å². The first-order valence-electron chi connectivity index (χ1n) is 9.53. The van der Waals surface area contributed by atoms with Crippen LogP contribution in [-0.2, 0) is 16.0 Å². The van der Waals surface area contributed by atoms with E-state index >= 15 is 0 Å². The number of nitrogens with one attached hydrogen (secondary N) is 1. The molecule has 0 fully saturated rings. The summed E-state index contributed by atoms with van der Waals surface area (Å²) in [7, 11) is -1.96. The fourth-order valence-corrected chi connectivity index (χ4v) is 3.35. The fraction of sp³-hybridized carbons (Fsp3) is 0.619. The van der Waals surface area contributed by atoms with E-state index in [4.69, 9.17) is 9.16 Å². The van der Waals surface area contributed by atoms with Crippen LogP contribution in [0.5, 0.6) is 5.75 Å². The van der Waals surface area contributed by atoms with Crippen LogP contribution in [0.3, 0.4) is 0 Å². The molecule has 1 rings (SSSR count). The van der Waals surface area contributed by atoms with Crippen molar-refractivity contribution in [3.8, 4) is 5.75 Å². The molecule has 0 spiro atoms. The monoisotopic (exact) mass is 409 g/mol. The van der Waals surface area contributed by atoms with E-state index in [-0.39, 0.29) is 11.5 Å². The number of hydrogen-bond donors (Lipinski definition) is 2. The third-order valence-electron chi connectivity index (χ3n) is 4.84. The predicted octanol–water partition coefficient (Wildman–Crippen LogP) is 4.90. The summed E-state index contributed by atoms with van der Waals surface area (Å²) in [6, 6.07) is 4.58. The van der Waals surface area contributed by atoms with Crippen molar-refractivity contribution in [1.29, 1.82) is 0 Å². The number of carbonyl (C=O) groups is 2. The van der Waals surface area contributed by atoms with E-state index in [1.165, 1.54) is 0 Å². The highest BCUT2D eigenvalue weighted by atomic mass is 28.4. The first-order chi connectivity index (χ1) is 12.5. The lowest BCUT2D eigenvalue weighted by molar-refractivity contribution is -0.139.